The Morgan fingerprint density at radius 2 is 1.68 bits per heavy atom. The van der Waals surface area contributed by atoms with Crippen molar-refractivity contribution in [3.63, 3.8) is 0 Å². The fourth-order valence-corrected chi connectivity index (χ4v) is 6.17. The van der Waals surface area contributed by atoms with E-state index >= 15 is 0 Å². The molecule has 0 aliphatic carbocycles. The summed E-state index contributed by atoms with van der Waals surface area (Å²) in [6.07, 6.45) is 3.43. The number of fused-ring (bicyclic) bond motifs is 4. The summed E-state index contributed by atoms with van der Waals surface area (Å²) in [5.74, 6) is 0.908. The summed E-state index contributed by atoms with van der Waals surface area (Å²) < 4.78 is 41.0. The maximum atomic E-state index is 13.3. The molecule has 0 radical (unpaired) electrons. The van der Waals surface area contributed by atoms with Gasteiger partial charge in [-0.1, -0.05) is 12.1 Å². The van der Waals surface area contributed by atoms with E-state index in [9.17, 15) is 8.42 Å². The van der Waals surface area contributed by atoms with E-state index in [4.69, 9.17) is 9.47 Å². The Hall–Kier alpha value is -2.97. The van der Waals surface area contributed by atoms with Gasteiger partial charge in [0.25, 0.3) is 0 Å². The minimum atomic E-state index is -3.64. The largest absolute Gasteiger partial charge is 0.493 e. The fraction of sp³-hybridized carbons (Fsp3) is 0.304. The van der Waals surface area contributed by atoms with Gasteiger partial charge in [0.05, 0.1) is 36.0 Å². The van der Waals surface area contributed by atoms with Crippen molar-refractivity contribution in [1.29, 1.82) is 0 Å². The normalized spacial score (nSPS) is 17.5. The summed E-state index contributed by atoms with van der Waals surface area (Å²) in [6, 6.07) is 17.1. The molecule has 162 valence electrons. The summed E-state index contributed by atoms with van der Waals surface area (Å²) in [4.78, 5) is 0.214. The molecular formula is C23H25N3O4S. The molecule has 2 aliphatic heterocycles. The molecule has 2 aliphatic rings. The highest BCUT2D eigenvalue weighted by Gasteiger charge is 2.43. The molecule has 3 heterocycles. The standard InChI is InChI=1S/C23H25N3O4S/c1-29-20-10-9-17(16-21(20)30-2)31(27,28)25-14-11-23(12-15-25)22-8-5-13-26(22)19-7-4-3-6-18(19)24-23/h3-10,13,16,24H,11-12,14-15H2,1-2H3. The minimum Gasteiger partial charge on any atom is -0.493 e. The average Bonchev–Trinajstić information content (AvgIpc) is 3.30. The van der Waals surface area contributed by atoms with Gasteiger partial charge >= 0.3 is 0 Å². The number of nitrogens with one attached hydrogen (secondary N) is 1. The van der Waals surface area contributed by atoms with E-state index in [0.717, 1.165) is 11.4 Å². The number of benzene rings is 2. The van der Waals surface area contributed by atoms with Gasteiger partial charge in [-0.15, -0.1) is 0 Å². The van der Waals surface area contributed by atoms with Crippen LogP contribution in [-0.2, 0) is 15.6 Å². The first-order valence-electron chi connectivity index (χ1n) is 10.3. The second-order valence-corrected chi connectivity index (χ2v) is 9.85. The third kappa shape index (κ3) is 3.09. The first-order valence-corrected chi connectivity index (χ1v) is 11.7. The molecule has 1 fully saturated rings. The Morgan fingerprint density at radius 3 is 2.42 bits per heavy atom. The SMILES string of the molecule is COc1ccc(S(=O)(=O)N2CCC3(CC2)Nc2ccccc2-n2cccc23)cc1OC. The molecule has 2 aromatic carbocycles. The van der Waals surface area contributed by atoms with Crippen molar-refractivity contribution in [3.05, 3.63) is 66.5 Å². The number of anilines is 1. The summed E-state index contributed by atoms with van der Waals surface area (Å²) in [6.45, 7) is 0.855. The number of methoxy groups -OCH3 is 2. The summed E-state index contributed by atoms with van der Waals surface area (Å²) in [5.41, 5.74) is 3.08. The molecule has 0 saturated carbocycles. The zero-order valence-electron chi connectivity index (χ0n) is 17.5. The van der Waals surface area contributed by atoms with E-state index in [2.05, 4.69) is 34.3 Å². The van der Waals surface area contributed by atoms with Crippen LogP contribution in [-0.4, -0.2) is 44.6 Å². The van der Waals surface area contributed by atoms with Crippen LogP contribution in [0.2, 0.25) is 0 Å². The molecule has 0 amide bonds. The Bertz CT molecular complexity index is 1230. The molecule has 3 aromatic rings. The Balaban J connectivity index is 1.42. The smallest absolute Gasteiger partial charge is 0.243 e. The van der Waals surface area contributed by atoms with E-state index < -0.39 is 10.0 Å². The predicted octanol–water partition coefficient (Wildman–Crippen LogP) is 3.60. The number of aromatic nitrogens is 1. The number of piperidine rings is 1. The Labute approximate surface area is 182 Å². The number of nitrogens with zero attached hydrogens (tertiary/aromatic N) is 2. The number of ether oxygens (including phenoxy) is 2. The van der Waals surface area contributed by atoms with Gasteiger partial charge in [-0.25, -0.2) is 8.42 Å². The van der Waals surface area contributed by atoms with Crippen LogP contribution >= 0.6 is 0 Å². The second kappa shape index (κ2) is 7.32. The van der Waals surface area contributed by atoms with Gasteiger partial charge in [-0.3, -0.25) is 0 Å². The van der Waals surface area contributed by atoms with Crippen molar-refractivity contribution in [1.82, 2.24) is 8.87 Å². The van der Waals surface area contributed by atoms with Gasteiger partial charge in [-0.05, 0) is 49.2 Å². The van der Waals surface area contributed by atoms with Crippen LogP contribution in [0.25, 0.3) is 5.69 Å². The number of para-hydroxylation sites is 2. The lowest BCUT2D eigenvalue weighted by atomic mass is 9.83. The van der Waals surface area contributed by atoms with Crippen LogP contribution in [0.3, 0.4) is 0 Å². The topological polar surface area (TPSA) is 72.8 Å². The lowest BCUT2D eigenvalue weighted by molar-refractivity contribution is 0.247. The van der Waals surface area contributed by atoms with Gasteiger partial charge in [0.2, 0.25) is 10.0 Å². The molecular weight excluding hydrogens is 414 g/mol. The fourth-order valence-electron chi connectivity index (χ4n) is 4.71. The lowest BCUT2D eigenvalue weighted by Crippen LogP contribution is -2.50. The van der Waals surface area contributed by atoms with Gasteiger partial charge < -0.3 is 19.4 Å². The molecule has 8 heteroatoms. The number of hydrogen-bond donors (Lipinski definition) is 1. The third-order valence-electron chi connectivity index (χ3n) is 6.35. The molecule has 0 unspecified atom stereocenters. The highest BCUT2D eigenvalue weighted by atomic mass is 32.2. The van der Waals surface area contributed by atoms with Gasteiger partial charge in [0.1, 0.15) is 0 Å². The maximum Gasteiger partial charge on any atom is 0.243 e. The first kappa shape index (κ1) is 20.0. The van der Waals surface area contributed by atoms with Crippen LogP contribution in [0.5, 0.6) is 11.5 Å². The van der Waals surface area contributed by atoms with Crippen LogP contribution in [0.4, 0.5) is 5.69 Å². The molecule has 31 heavy (non-hydrogen) atoms. The van der Waals surface area contributed by atoms with Crippen LogP contribution < -0.4 is 14.8 Å². The minimum absolute atomic E-state index is 0.214. The molecule has 5 rings (SSSR count). The Morgan fingerprint density at radius 1 is 0.935 bits per heavy atom. The van der Waals surface area contributed by atoms with Crippen molar-refractivity contribution in [2.75, 3.05) is 32.6 Å². The van der Waals surface area contributed by atoms with Crippen molar-refractivity contribution >= 4 is 15.7 Å². The van der Waals surface area contributed by atoms with Gasteiger partial charge in [0, 0.05) is 31.0 Å². The van der Waals surface area contributed by atoms with E-state index in [-0.39, 0.29) is 10.4 Å². The predicted molar refractivity (Wildman–Crippen MR) is 119 cm³/mol. The van der Waals surface area contributed by atoms with Crippen molar-refractivity contribution in [2.24, 2.45) is 0 Å². The zero-order valence-corrected chi connectivity index (χ0v) is 18.4. The highest BCUT2D eigenvalue weighted by molar-refractivity contribution is 7.89. The lowest BCUT2D eigenvalue weighted by Gasteiger charge is -2.45. The van der Waals surface area contributed by atoms with Crippen molar-refractivity contribution in [2.45, 2.75) is 23.3 Å². The monoisotopic (exact) mass is 439 g/mol. The summed E-state index contributed by atoms with van der Waals surface area (Å²) >= 11 is 0. The van der Waals surface area contributed by atoms with E-state index in [1.54, 1.807) is 16.4 Å². The molecule has 7 nitrogen and oxygen atoms in total. The van der Waals surface area contributed by atoms with Crippen LogP contribution in [0.15, 0.2) is 65.7 Å². The maximum absolute atomic E-state index is 13.3. The van der Waals surface area contributed by atoms with E-state index in [1.807, 2.05) is 18.2 Å². The Kier molecular flexibility index (Phi) is 4.71. The quantitative estimate of drug-likeness (QED) is 0.673. The zero-order chi connectivity index (χ0) is 21.6. The van der Waals surface area contributed by atoms with Gasteiger partial charge in [-0.2, -0.15) is 4.31 Å². The van der Waals surface area contributed by atoms with E-state index in [0.29, 0.717) is 37.4 Å². The highest BCUT2D eigenvalue weighted by Crippen LogP contribution is 2.44. The van der Waals surface area contributed by atoms with Crippen molar-refractivity contribution in [3.8, 4) is 17.2 Å². The summed E-state index contributed by atoms with van der Waals surface area (Å²) in [5, 5.41) is 3.72. The van der Waals surface area contributed by atoms with E-state index in [1.165, 1.54) is 26.0 Å². The average molecular weight is 440 g/mol. The second-order valence-electron chi connectivity index (χ2n) is 7.91. The summed E-state index contributed by atoms with van der Waals surface area (Å²) in [7, 11) is -0.607. The van der Waals surface area contributed by atoms with Crippen LogP contribution in [0, 0.1) is 0 Å². The number of hydrogen-bond acceptors (Lipinski definition) is 5. The molecule has 1 aromatic heterocycles. The molecule has 0 atom stereocenters. The molecule has 0 bridgehead atoms. The third-order valence-corrected chi connectivity index (χ3v) is 8.24. The van der Waals surface area contributed by atoms with Crippen LogP contribution in [0.1, 0.15) is 18.5 Å². The number of sulfonamides is 1. The first-order chi connectivity index (χ1) is 15.0. The number of rotatable bonds is 4. The van der Waals surface area contributed by atoms with Crippen molar-refractivity contribution < 1.29 is 17.9 Å². The molecule has 1 spiro atoms. The molecule has 1 N–H and O–H groups in total. The van der Waals surface area contributed by atoms with Gasteiger partial charge in [0.15, 0.2) is 11.5 Å². The molecule has 1 saturated heterocycles.